The number of rotatable bonds is 8. The van der Waals surface area contributed by atoms with Crippen molar-refractivity contribution in [3.63, 3.8) is 0 Å². The van der Waals surface area contributed by atoms with Crippen LogP contribution in [0, 0.1) is 69.0 Å². The molecule has 0 amide bonds. The van der Waals surface area contributed by atoms with Crippen molar-refractivity contribution in [1.82, 2.24) is 10.6 Å². The van der Waals surface area contributed by atoms with Gasteiger partial charge in [0.05, 0.1) is 13.2 Å². The number of carbonyl (C=O) groups is 8. The molecule has 0 aromatic carbocycles. The van der Waals surface area contributed by atoms with Crippen molar-refractivity contribution in [1.29, 1.82) is 0 Å². The van der Waals surface area contributed by atoms with Crippen LogP contribution in [0.4, 0.5) is 0 Å². The van der Waals surface area contributed by atoms with Crippen LogP contribution in [0.25, 0.3) is 0 Å². The van der Waals surface area contributed by atoms with Crippen LogP contribution >= 0.6 is 0 Å². The van der Waals surface area contributed by atoms with E-state index in [1.807, 2.05) is 27.7 Å². The Morgan fingerprint density at radius 2 is 0.971 bits per heavy atom. The predicted molar refractivity (Wildman–Crippen MR) is 239 cm³/mol. The van der Waals surface area contributed by atoms with Crippen molar-refractivity contribution in [2.45, 2.75) is 154 Å². The normalized spacial score (nSPS) is 46.5. The average molecular weight is 947 g/mol. The molecule has 16 heteroatoms. The van der Waals surface area contributed by atoms with Crippen molar-refractivity contribution in [3.05, 3.63) is 12.2 Å². The smallest absolute Gasteiger partial charge is 0.336 e. The molecule has 2 N–H and O–H groups in total. The molecule has 10 aliphatic rings. The zero-order valence-electron chi connectivity index (χ0n) is 40.1. The van der Waals surface area contributed by atoms with Gasteiger partial charge in [-0.1, -0.05) is 27.7 Å². The third-order valence-electron chi connectivity index (χ3n) is 20.2. The van der Waals surface area contributed by atoms with E-state index in [4.69, 9.17) is 28.4 Å². The number of fused-ring (bicyclic) bond motifs is 10. The highest BCUT2D eigenvalue weighted by molar-refractivity contribution is 5.93. The zero-order chi connectivity index (χ0) is 47.9. The topological polar surface area (TPSA) is 216 Å². The maximum atomic E-state index is 14.4. The van der Waals surface area contributed by atoms with Crippen LogP contribution in [-0.4, -0.2) is 123 Å². The number of morpholine rings is 2. The number of hydrogen-bond acceptors (Lipinski definition) is 16. The van der Waals surface area contributed by atoms with E-state index in [9.17, 15) is 38.4 Å². The molecular formula is C52H70N2O14. The summed E-state index contributed by atoms with van der Waals surface area (Å²) in [7, 11) is 0. The SMILES string of the molecule is C[C@]12C(OC(=O)/C=C/C(=O)OC3CC(OC(=O)[C@@H]4CNCCO4)CC4C(=O)C[C@@H]5[C@@H](CC[C@]6(C)C(=O)CC[C@@H]56)[C@@]34C)CC(OC(=O)[C@@H]3CNCCO3)CC1C(=O)C[C@@H]1[C@H]2CC[C@]2(C)C(=O)CC[C@@H]12. The second-order valence-electron chi connectivity index (χ2n) is 23.1. The maximum absolute atomic E-state index is 14.4. The molecule has 372 valence electrons. The molecule has 0 aromatic rings. The van der Waals surface area contributed by atoms with Gasteiger partial charge < -0.3 is 39.1 Å². The molecule has 10 fully saturated rings. The number of hydrogen-bond donors (Lipinski definition) is 2. The van der Waals surface area contributed by atoms with E-state index >= 15 is 0 Å². The van der Waals surface area contributed by atoms with Gasteiger partial charge in [0.2, 0.25) is 0 Å². The molecule has 2 heterocycles. The molecule has 0 radical (unpaired) electrons. The second-order valence-corrected chi connectivity index (χ2v) is 23.1. The van der Waals surface area contributed by atoms with E-state index in [0.717, 1.165) is 25.0 Å². The van der Waals surface area contributed by atoms with Crippen molar-refractivity contribution in [3.8, 4) is 0 Å². The lowest BCUT2D eigenvalue weighted by molar-refractivity contribution is -0.207. The number of carbonyl (C=O) groups excluding carboxylic acids is 8. The van der Waals surface area contributed by atoms with Gasteiger partial charge >= 0.3 is 23.9 Å². The zero-order valence-corrected chi connectivity index (χ0v) is 40.1. The van der Waals surface area contributed by atoms with E-state index in [0.29, 0.717) is 90.8 Å². The van der Waals surface area contributed by atoms with E-state index in [1.54, 1.807) is 0 Å². The fraction of sp³-hybridized carbons (Fsp3) is 0.808. The Morgan fingerprint density at radius 3 is 1.35 bits per heavy atom. The summed E-state index contributed by atoms with van der Waals surface area (Å²) in [5, 5.41) is 6.28. The highest BCUT2D eigenvalue weighted by atomic mass is 16.6. The number of Topliss-reactive ketones (excluding diaryl/α,β-unsaturated/α-hetero) is 4. The highest BCUT2D eigenvalue weighted by Gasteiger charge is 2.68. The summed E-state index contributed by atoms with van der Waals surface area (Å²) in [5.74, 6) is -3.44. The quantitative estimate of drug-likeness (QED) is 0.200. The Bertz CT molecular complexity index is 1980. The van der Waals surface area contributed by atoms with E-state index in [1.165, 1.54) is 0 Å². The predicted octanol–water partition coefficient (Wildman–Crippen LogP) is 3.97. The largest absolute Gasteiger partial charge is 0.460 e. The van der Waals surface area contributed by atoms with Crippen molar-refractivity contribution in [2.24, 2.45) is 69.0 Å². The van der Waals surface area contributed by atoms with E-state index < -0.39 is 94.0 Å². The lowest BCUT2D eigenvalue weighted by Gasteiger charge is -2.61. The van der Waals surface area contributed by atoms with Crippen LogP contribution < -0.4 is 10.6 Å². The molecule has 68 heavy (non-hydrogen) atoms. The Balaban J connectivity index is 0.891. The summed E-state index contributed by atoms with van der Waals surface area (Å²) in [6, 6.07) is 0. The third-order valence-corrected chi connectivity index (χ3v) is 20.2. The molecule has 8 saturated carbocycles. The van der Waals surface area contributed by atoms with Gasteiger partial charge in [0, 0.05) is 110 Å². The average Bonchev–Trinajstić information content (AvgIpc) is 3.80. The molecule has 0 spiro atoms. The number of nitrogens with one attached hydrogen (secondary N) is 2. The summed E-state index contributed by atoms with van der Waals surface area (Å²) in [6.45, 7) is 10.7. The second kappa shape index (κ2) is 18.1. The third kappa shape index (κ3) is 7.93. The van der Waals surface area contributed by atoms with Crippen molar-refractivity contribution in [2.75, 3.05) is 39.4 Å². The summed E-state index contributed by atoms with van der Waals surface area (Å²) in [6.07, 6.45) is 3.94. The van der Waals surface area contributed by atoms with Gasteiger partial charge in [0.15, 0.2) is 12.2 Å². The molecule has 2 aliphatic heterocycles. The monoisotopic (exact) mass is 946 g/mol. The van der Waals surface area contributed by atoms with Crippen LogP contribution in [-0.2, 0) is 66.8 Å². The van der Waals surface area contributed by atoms with Crippen LogP contribution in [0.5, 0.6) is 0 Å². The van der Waals surface area contributed by atoms with Gasteiger partial charge in [-0.3, -0.25) is 19.2 Å². The van der Waals surface area contributed by atoms with Gasteiger partial charge in [0.25, 0.3) is 0 Å². The van der Waals surface area contributed by atoms with Gasteiger partial charge in [0.1, 0.15) is 47.5 Å². The standard InChI is InChI=1S/C52H70N2O14/c1-49-13-11-33-29(31(49)5-7-41(49)57)23-37(55)35-19-27(65-47(61)39-25-53-15-17-63-39)21-43(51(33,35)3)67-45(59)9-10-46(60)68-44-22-28(66-48(62)40-26-54-16-18-64-40)20-36-38(56)24-30-32-6-8-42(58)50(32,2)14-12-34(30)52(36,44)4/h9-10,27-36,39-40,43-44,53-54H,5-8,11-26H2,1-4H3/b10-9+/t27?,28?,29-,30-,31-,32-,33+,34+,35?,36?,39-,40-,43?,44?,49-,50-,51+,52+/m0/s1. The van der Waals surface area contributed by atoms with Crippen LogP contribution in [0.3, 0.4) is 0 Å². The lowest BCUT2D eigenvalue weighted by Crippen LogP contribution is -2.63. The molecule has 10 rings (SSSR count). The van der Waals surface area contributed by atoms with Gasteiger partial charge in [-0.2, -0.15) is 0 Å². The number of ether oxygens (including phenoxy) is 6. The van der Waals surface area contributed by atoms with Crippen LogP contribution in [0.15, 0.2) is 12.2 Å². The van der Waals surface area contributed by atoms with E-state index in [-0.39, 0.29) is 84.3 Å². The number of esters is 4. The highest BCUT2D eigenvalue weighted by Crippen LogP contribution is 2.67. The van der Waals surface area contributed by atoms with Gasteiger partial charge in [-0.15, -0.1) is 0 Å². The fourth-order valence-corrected chi connectivity index (χ4v) is 16.5. The Kier molecular flexibility index (Phi) is 12.7. The van der Waals surface area contributed by atoms with Crippen molar-refractivity contribution >= 4 is 47.0 Å². The Hall–Kier alpha value is -3.86. The first-order valence-electron chi connectivity index (χ1n) is 25.7. The van der Waals surface area contributed by atoms with Gasteiger partial charge in [-0.25, -0.2) is 19.2 Å². The molecule has 16 nitrogen and oxygen atoms in total. The maximum Gasteiger partial charge on any atom is 0.336 e. The molecule has 0 aromatic heterocycles. The minimum absolute atomic E-state index is 0.0191. The van der Waals surface area contributed by atoms with Crippen LogP contribution in [0.1, 0.15) is 118 Å². The molecule has 18 atom stereocenters. The lowest BCUT2D eigenvalue weighted by atomic mass is 9.44. The van der Waals surface area contributed by atoms with E-state index in [2.05, 4.69) is 10.6 Å². The molecule has 6 unspecified atom stereocenters. The minimum atomic E-state index is -0.864. The van der Waals surface area contributed by atoms with Crippen LogP contribution in [0.2, 0.25) is 0 Å². The summed E-state index contributed by atoms with van der Waals surface area (Å²) < 4.78 is 36.1. The summed E-state index contributed by atoms with van der Waals surface area (Å²) in [5.41, 5.74) is -2.64. The minimum Gasteiger partial charge on any atom is -0.460 e. The molecule has 2 saturated heterocycles. The Morgan fingerprint density at radius 1 is 0.559 bits per heavy atom. The molecular weight excluding hydrogens is 877 g/mol. The summed E-state index contributed by atoms with van der Waals surface area (Å²) >= 11 is 0. The summed E-state index contributed by atoms with van der Waals surface area (Å²) in [4.78, 5) is 110. The number of ketones is 4. The first-order chi connectivity index (χ1) is 32.4. The van der Waals surface area contributed by atoms with Crippen molar-refractivity contribution < 1.29 is 66.8 Å². The molecule has 8 aliphatic carbocycles. The molecule has 0 bridgehead atoms. The first-order valence-corrected chi connectivity index (χ1v) is 25.7. The Labute approximate surface area is 398 Å². The first kappa shape index (κ1) is 47.8. The fourth-order valence-electron chi connectivity index (χ4n) is 16.5. The van der Waals surface area contributed by atoms with Gasteiger partial charge in [-0.05, 0) is 86.9 Å².